The smallest absolute Gasteiger partial charge is 0.261 e. The Kier molecular flexibility index (Phi) is 11.3. The molecule has 2 amide bonds. The highest BCUT2D eigenvalue weighted by Crippen LogP contribution is 2.38. The van der Waals surface area contributed by atoms with Gasteiger partial charge < -0.3 is 15.1 Å². The van der Waals surface area contributed by atoms with Gasteiger partial charge in [0.15, 0.2) is 0 Å². The van der Waals surface area contributed by atoms with Gasteiger partial charge in [-0.3, -0.25) is 9.59 Å². The van der Waals surface area contributed by atoms with Gasteiger partial charge in [-0.25, -0.2) is 4.98 Å². The van der Waals surface area contributed by atoms with Gasteiger partial charge in [0.25, 0.3) is 8.32 Å². The number of nitrogens with zero attached hydrogens (tertiary/aromatic N) is 1. The number of hydrogen-bond donors (Lipinski definition) is 2. The number of aromatic nitrogens is 1. The normalized spacial score (nSPS) is 12.3. The Morgan fingerprint density at radius 3 is 2.04 bits per heavy atom. The highest BCUT2D eigenvalue weighted by atomic mass is 28.4. The van der Waals surface area contributed by atoms with Gasteiger partial charge in [0.1, 0.15) is 5.82 Å². The molecule has 7 heteroatoms. The zero-order valence-electron chi connectivity index (χ0n) is 28.0. The fourth-order valence-electron chi connectivity index (χ4n) is 5.89. The fraction of sp³-hybridized carbons (Fsp3) is 0.256. The van der Waals surface area contributed by atoms with Crippen LogP contribution in [0, 0.1) is 13.8 Å². The SMILES string of the molecule is CC(=O)Nc1ccc(C=CC(=O)NCC=C(C)c2ccc(C)c(CO[Si](c3ccccc3)(c3ccccc3)C(C)(C)C)c2C)cn1. The molecule has 0 aliphatic heterocycles. The molecular formula is C39H45N3O3Si. The maximum atomic E-state index is 12.5. The summed E-state index contributed by atoms with van der Waals surface area (Å²) in [5.41, 5.74) is 6.58. The standard InChI is InChI=1S/C39H45N3O3Si/c1-28-18-21-35(29(2)24-25-40-38(44)23-20-32-19-22-37(41-26-32)42-31(4)43)30(3)36(28)27-45-46(39(5,6)7,33-14-10-8-11-15-33)34-16-12-9-13-17-34/h8-24,26H,25,27H2,1-7H3,(H,40,44)(H,41,42,43). The second-order valence-corrected chi connectivity index (χ2v) is 16.9. The Hall–Kier alpha value is -4.59. The minimum absolute atomic E-state index is 0.107. The van der Waals surface area contributed by atoms with E-state index in [1.54, 1.807) is 24.4 Å². The van der Waals surface area contributed by atoms with E-state index in [1.807, 2.05) is 6.08 Å². The number of anilines is 1. The van der Waals surface area contributed by atoms with Crippen LogP contribution in [0.2, 0.25) is 5.04 Å². The summed E-state index contributed by atoms with van der Waals surface area (Å²) in [6.45, 7) is 15.6. The van der Waals surface area contributed by atoms with Crippen LogP contribution in [0.4, 0.5) is 5.82 Å². The van der Waals surface area contributed by atoms with Crippen LogP contribution < -0.4 is 21.0 Å². The number of nitrogens with one attached hydrogen (secondary N) is 2. The van der Waals surface area contributed by atoms with Crippen LogP contribution in [0.15, 0.2) is 103 Å². The largest absolute Gasteiger partial charge is 0.403 e. The van der Waals surface area contributed by atoms with Crippen molar-refractivity contribution in [1.29, 1.82) is 0 Å². The van der Waals surface area contributed by atoms with E-state index in [0.717, 1.165) is 16.7 Å². The van der Waals surface area contributed by atoms with Crippen LogP contribution in [0.1, 0.15) is 62.4 Å². The van der Waals surface area contributed by atoms with Gasteiger partial charge in [-0.05, 0) is 87.8 Å². The molecule has 0 bridgehead atoms. The number of carbonyl (C=O) groups excluding carboxylic acids is 2. The third-order valence-electron chi connectivity index (χ3n) is 8.31. The first-order valence-corrected chi connectivity index (χ1v) is 17.5. The van der Waals surface area contributed by atoms with E-state index >= 15 is 0 Å². The molecule has 2 N–H and O–H groups in total. The van der Waals surface area contributed by atoms with E-state index in [1.165, 1.54) is 40.1 Å². The van der Waals surface area contributed by atoms with Gasteiger partial charge in [-0.15, -0.1) is 0 Å². The first-order chi connectivity index (χ1) is 21.9. The Morgan fingerprint density at radius 2 is 1.50 bits per heavy atom. The second-order valence-electron chi connectivity index (χ2n) is 12.6. The highest BCUT2D eigenvalue weighted by Gasteiger charge is 2.50. The van der Waals surface area contributed by atoms with Crippen LogP contribution in [0.5, 0.6) is 0 Å². The van der Waals surface area contributed by atoms with E-state index in [2.05, 4.69) is 130 Å². The topological polar surface area (TPSA) is 80.3 Å². The summed E-state index contributed by atoms with van der Waals surface area (Å²) in [4.78, 5) is 27.8. The van der Waals surface area contributed by atoms with Crippen molar-refractivity contribution < 1.29 is 14.0 Å². The molecule has 0 radical (unpaired) electrons. The first-order valence-electron chi connectivity index (χ1n) is 15.6. The van der Waals surface area contributed by atoms with Crippen molar-refractivity contribution in [2.45, 2.75) is 60.1 Å². The molecule has 46 heavy (non-hydrogen) atoms. The Morgan fingerprint density at radius 1 is 0.870 bits per heavy atom. The molecule has 4 aromatic rings. The Balaban J connectivity index is 1.51. The monoisotopic (exact) mass is 631 g/mol. The van der Waals surface area contributed by atoms with Crippen molar-refractivity contribution in [2.24, 2.45) is 0 Å². The third kappa shape index (κ3) is 8.16. The van der Waals surface area contributed by atoms with E-state index in [4.69, 9.17) is 4.43 Å². The quantitative estimate of drug-likeness (QED) is 0.139. The van der Waals surface area contributed by atoms with E-state index in [-0.39, 0.29) is 16.9 Å². The molecule has 238 valence electrons. The molecule has 1 aromatic heterocycles. The zero-order valence-corrected chi connectivity index (χ0v) is 29.0. The lowest BCUT2D eigenvalue weighted by atomic mass is 9.94. The van der Waals surface area contributed by atoms with Crippen molar-refractivity contribution >= 4 is 48.0 Å². The summed E-state index contributed by atoms with van der Waals surface area (Å²) >= 11 is 0. The minimum atomic E-state index is -2.69. The summed E-state index contributed by atoms with van der Waals surface area (Å²) in [6.07, 6.45) is 6.82. The molecule has 0 aliphatic rings. The van der Waals surface area contributed by atoms with Crippen molar-refractivity contribution in [3.8, 4) is 0 Å². The van der Waals surface area contributed by atoms with Gasteiger partial charge >= 0.3 is 0 Å². The summed E-state index contributed by atoms with van der Waals surface area (Å²) in [7, 11) is -2.69. The lowest BCUT2D eigenvalue weighted by Gasteiger charge is -2.43. The average molecular weight is 632 g/mol. The molecule has 1 heterocycles. The molecule has 0 spiro atoms. The van der Waals surface area contributed by atoms with Crippen LogP contribution in [-0.2, 0) is 20.6 Å². The van der Waals surface area contributed by atoms with Gasteiger partial charge in [0.05, 0.1) is 6.61 Å². The van der Waals surface area contributed by atoms with Crippen LogP contribution in [-0.4, -0.2) is 31.7 Å². The predicted molar refractivity (Wildman–Crippen MR) is 193 cm³/mol. The van der Waals surface area contributed by atoms with Crippen molar-refractivity contribution in [2.75, 3.05) is 11.9 Å². The number of pyridine rings is 1. The summed E-state index contributed by atoms with van der Waals surface area (Å²) in [5, 5.41) is 7.98. The lowest BCUT2D eigenvalue weighted by molar-refractivity contribution is -0.116. The summed E-state index contributed by atoms with van der Waals surface area (Å²) < 4.78 is 7.28. The van der Waals surface area contributed by atoms with Crippen molar-refractivity contribution in [3.63, 3.8) is 0 Å². The van der Waals surface area contributed by atoms with Gasteiger partial charge in [-0.2, -0.15) is 0 Å². The van der Waals surface area contributed by atoms with E-state index < -0.39 is 8.32 Å². The summed E-state index contributed by atoms with van der Waals surface area (Å²) in [6, 6.07) is 29.3. The second kappa shape index (κ2) is 15.1. The molecule has 3 aromatic carbocycles. The molecule has 0 unspecified atom stereocenters. The maximum absolute atomic E-state index is 12.5. The third-order valence-corrected chi connectivity index (χ3v) is 13.3. The predicted octanol–water partition coefficient (Wildman–Crippen LogP) is 6.97. The molecular weight excluding hydrogens is 587 g/mol. The maximum Gasteiger partial charge on any atom is 0.261 e. The number of allylic oxidation sites excluding steroid dienone is 1. The molecule has 0 fully saturated rings. The van der Waals surface area contributed by atoms with Gasteiger partial charge in [0.2, 0.25) is 11.8 Å². The van der Waals surface area contributed by atoms with Gasteiger partial charge in [0, 0.05) is 25.7 Å². The Labute approximate surface area is 274 Å². The molecule has 4 rings (SSSR count). The molecule has 0 saturated carbocycles. The zero-order chi connectivity index (χ0) is 33.3. The van der Waals surface area contributed by atoms with Crippen molar-refractivity contribution in [1.82, 2.24) is 10.3 Å². The molecule has 0 saturated heterocycles. The van der Waals surface area contributed by atoms with Crippen molar-refractivity contribution in [3.05, 3.63) is 131 Å². The van der Waals surface area contributed by atoms with Crippen LogP contribution in [0.25, 0.3) is 11.6 Å². The molecule has 0 atom stereocenters. The molecule has 0 aliphatic carbocycles. The number of benzene rings is 3. The van der Waals surface area contributed by atoms with E-state index in [0.29, 0.717) is 19.0 Å². The summed E-state index contributed by atoms with van der Waals surface area (Å²) in [5.74, 6) is 0.0908. The number of amides is 2. The average Bonchev–Trinajstić information content (AvgIpc) is 3.02. The number of hydrogen-bond acceptors (Lipinski definition) is 4. The number of aryl methyl sites for hydroxylation is 1. The lowest BCUT2D eigenvalue weighted by Crippen LogP contribution is -2.66. The first kappa shape index (κ1) is 34.3. The van der Waals surface area contributed by atoms with Crippen LogP contribution >= 0.6 is 0 Å². The minimum Gasteiger partial charge on any atom is -0.403 e. The van der Waals surface area contributed by atoms with Gasteiger partial charge in [-0.1, -0.05) is 99.6 Å². The molecule has 6 nitrogen and oxygen atoms in total. The fourth-order valence-corrected chi connectivity index (χ4v) is 10.4. The number of carbonyl (C=O) groups is 2. The highest BCUT2D eigenvalue weighted by molar-refractivity contribution is 6.99. The van der Waals surface area contributed by atoms with E-state index in [9.17, 15) is 9.59 Å². The van der Waals surface area contributed by atoms with Crippen LogP contribution in [0.3, 0.4) is 0 Å². The Bertz CT molecular complexity index is 1670. The number of rotatable bonds is 11.